The number of carbonyl (C=O) groups excluding carboxylic acids is 1. The number of nitrogens with one attached hydrogen (secondary N) is 1. The molecule has 0 spiro atoms. The SMILES string of the molecule is Cc1ccc(-n2ncc(C(=O)NCCC(C)N)c2C2CC2)cc1Cl.Cl. The third-order valence-corrected chi connectivity index (χ3v) is 4.71. The molecule has 7 heteroatoms. The van der Waals surface area contributed by atoms with Crippen molar-refractivity contribution in [3.05, 3.63) is 46.2 Å². The van der Waals surface area contributed by atoms with Gasteiger partial charge in [-0.25, -0.2) is 4.68 Å². The van der Waals surface area contributed by atoms with Gasteiger partial charge in [-0.15, -0.1) is 12.4 Å². The molecule has 1 aromatic heterocycles. The van der Waals surface area contributed by atoms with Crippen LogP contribution in [0.5, 0.6) is 0 Å². The lowest BCUT2D eigenvalue weighted by atomic mass is 10.1. The number of nitrogens with two attached hydrogens (primary N) is 1. The van der Waals surface area contributed by atoms with E-state index in [4.69, 9.17) is 17.3 Å². The molecule has 1 aromatic carbocycles. The Morgan fingerprint density at radius 1 is 1.48 bits per heavy atom. The first-order valence-electron chi connectivity index (χ1n) is 8.35. The Hall–Kier alpha value is -1.56. The molecule has 3 N–H and O–H groups in total. The highest BCUT2D eigenvalue weighted by Gasteiger charge is 2.32. The summed E-state index contributed by atoms with van der Waals surface area (Å²) in [5.74, 6) is 0.309. The van der Waals surface area contributed by atoms with Crippen LogP contribution in [0.4, 0.5) is 0 Å². The van der Waals surface area contributed by atoms with Crippen molar-refractivity contribution in [2.75, 3.05) is 6.54 Å². The number of aryl methyl sites for hydroxylation is 1. The van der Waals surface area contributed by atoms with Crippen LogP contribution >= 0.6 is 24.0 Å². The van der Waals surface area contributed by atoms with E-state index >= 15 is 0 Å². The third kappa shape index (κ3) is 4.54. The van der Waals surface area contributed by atoms with Crippen molar-refractivity contribution < 1.29 is 4.79 Å². The fourth-order valence-corrected chi connectivity index (χ4v) is 2.89. The number of rotatable bonds is 6. The van der Waals surface area contributed by atoms with Gasteiger partial charge in [0, 0.05) is 23.5 Å². The molecular formula is C18H24Cl2N4O. The molecule has 1 heterocycles. The summed E-state index contributed by atoms with van der Waals surface area (Å²) in [6.45, 7) is 4.47. The number of carbonyl (C=O) groups is 1. The molecule has 0 bridgehead atoms. The Morgan fingerprint density at radius 3 is 2.80 bits per heavy atom. The second-order valence-electron chi connectivity index (χ2n) is 6.58. The lowest BCUT2D eigenvalue weighted by Crippen LogP contribution is -2.29. The number of benzene rings is 1. The summed E-state index contributed by atoms with van der Waals surface area (Å²) in [7, 11) is 0. The Balaban J connectivity index is 0.00000225. The van der Waals surface area contributed by atoms with Crippen molar-refractivity contribution in [1.82, 2.24) is 15.1 Å². The quantitative estimate of drug-likeness (QED) is 0.801. The topological polar surface area (TPSA) is 72.9 Å². The van der Waals surface area contributed by atoms with Crippen LogP contribution in [0.25, 0.3) is 5.69 Å². The zero-order valence-corrected chi connectivity index (χ0v) is 16.0. The predicted molar refractivity (Wildman–Crippen MR) is 103 cm³/mol. The summed E-state index contributed by atoms with van der Waals surface area (Å²) < 4.78 is 1.85. The Kier molecular flexibility index (Phi) is 6.49. The average Bonchev–Trinajstić information content (AvgIpc) is 3.28. The molecule has 0 radical (unpaired) electrons. The number of nitrogens with zero attached hydrogens (tertiary/aromatic N) is 2. The molecule has 3 rings (SSSR count). The molecule has 1 saturated carbocycles. The smallest absolute Gasteiger partial charge is 0.254 e. The van der Waals surface area contributed by atoms with E-state index in [-0.39, 0.29) is 24.4 Å². The summed E-state index contributed by atoms with van der Waals surface area (Å²) >= 11 is 6.25. The van der Waals surface area contributed by atoms with Crippen LogP contribution in [0.1, 0.15) is 53.7 Å². The molecule has 0 saturated heterocycles. The molecule has 1 fully saturated rings. The van der Waals surface area contributed by atoms with Gasteiger partial charge in [-0.05, 0) is 50.8 Å². The maximum absolute atomic E-state index is 12.5. The second-order valence-corrected chi connectivity index (χ2v) is 6.99. The zero-order chi connectivity index (χ0) is 17.3. The molecule has 5 nitrogen and oxygen atoms in total. The van der Waals surface area contributed by atoms with E-state index in [2.05, 4.69) is 10.4 Å². The molecule has 1 amide bonds. The van der Waals surface area contributed by atoms with Crippen molar-refractivity contribution in [3.8, 4) is 5.69 Å². The van der Waals surface area contributed by atoms with Crippen LogP contribution in [0, 0.1) is 6.92 Å². The van der Waals surface area contributed by atoms with E-state index < -0.39 is 0 Å². The largest absolute Gasteiger partial charge is 0.352 e. The summed E-state index contributed by atoms with van der Waals surface area (Å²) in [5.41, 5.74) is 9.28. The molecule has 136 valence electrons. The average molecular weight is 383 g/mol. The van der Waals surface area contributed by atoms with E-state index in [9.17, 15) is 4.79 Å². The van der Waals surface area contributed by atoms with E-state index in [0.717, 1.165) is 36.2 Å². The highest BCUT2D eigenvalue weighted by Crippen LogP contribution is 2.42. The van der Waals surface area contributed by atoms with Crippen molar-refractivity contribution >= 4 is 29.9 Å². The van der Waals surface area contributed by atoms with Crippen molar-refractivity contribution in [3.63, 3.8) is 0 Å². The summed E-state index contributed by atoms with van der Waals surface area (Å²) in [6.07, 6.45) is 4.59. The predicted octanol–water partition coefficient (Wildman–Crippen LogP) is 3.60. The van der Waals surface area contributed by atoms with Crippen LogP contribution in [0.2, 0.25) is 5.02 Å². The number of hydrogen-bond donors (Lipinski definition) is 2. The van der Waals surface area contributed by atoms with Gasteiger partial charge >= 0.3 is 0 Å². The summed E-state index contributed by atoms with van der Waals surface area (Å²) in [4.78, 5) is 12.5. The van der Waals surface area contributed by atoms with E-state index in [1.165, 1.54) is 0 Å². The minimum absolute atomic E-state index is 0. The maximum atomic E-state index is 12.5. The standard InChI is InChI=1S/C18H23ClN4O.ClH/c1-11-3-6-14(9-16(11)19)23-17(13-4-5-13)15(10-22-23)18(24)21-8-7-12(2)20;/h3,6,9-10,12-13H,4-5,7-8,20H2,1-2H3,(H,21,24);1H. The molecule has 1 atom stereocenters. The molecule has 2 aromatic rings. The number of aromatic nitrogens is 2. The maximum Gasteiger partial charge on any atom is 0.254 e. The minimum Gasteiger partial charge on any atom is -0.352 e. The molecule has 1 aliphatic rings. The Labute approximate surface area is 159 Å². The third-order valence-electron chi connectivity index (χ3n) is 4.30. The van der Waals surface area contributed by atoms with Gasteiger partial charge in [-0.1, -0.05) is 17.7 Å². The first-order valence-corrected chi connectivity index (χ1v) is 8.73. The monoisotopic (exact) mass is 382 g/mol. The fraction of sp³-hybridized carbons (Fsp3) is 0.444. The van der Waals surface area contributed by atoms with Gasteiger partial charge in [-0.2, -0.15) is 5.10 Å². The van der Waals surface area contributed by atoms with Gasteiger partial charge in [0.05, 0.1) is 23.1 Å². The number of amides is 1. The van der Waals surface area contributed by atoms with Crippen molar-refractivity contribution in [1.29, 1.82) is 0 Å². The van der Waals surface area contributed by atoms with Crippen molar-refractivity contribution in [2.24, 2.45) is 5.73 Å². The second kappa shape index (κ2) is 8.21. The summed E-state index contributed by atoms with van der Waals surface area (Å²) in [5, 5.41) is 8.10. The lowest BCUT2D eigenvalue weighted by Gasteiger charge is -2.11. The first-order chi connectivity index (χ1) is 11.5. The van der Waals surface area contributed by atoms with Gasteiger partial charge in [-0.3, -0.25) is 4.79 Å². The van der Waals surface area contributed by atoms with Gasteiger partial charge in [0.2, 0.25) is 0 Å². The molecular weight excluding hydrogens is 359 g/mol. The highest BCUT2D eigenvalue weighted by atomic mass is 35.5. The summed E-state index contributed by atoms with van der Waals surface area (Å²) in [6, 6.07) is 5.93. The first kappa shape index (κ1) is 19.8. The normalized spacial score (nSPS) is 14.7. The molecule has 25 heavy (non-hydrogen) atoms. The molecule has 0 aliphatic heterocycles. The highest BCUT2D eigenvalue weighted by molar-refractivity contribution is 6.31. The van der Waals surface area contributed by atoms with E-state index in [1.54, 1.807) is 6.20 Å². The van der Waals surface area contributed by atoms with Crippen LogP contribution in [-0.4, -0.2) is 28.3 Å². The van der Waals surface area contributed by atoms with Crippen LogP contribution in [0.15, 0.2) is 24.4 Å². The molecule has 1 unspecified atom stereocenters. The Morgan fingerprint density at radius 2 is 2.20 bits per heavy atom. The van der Waals surface area contributed by atoms with Crippen LogP contribution in [0.3, 0.4) is 0 Å². The van der Waals surface area contributed by atoms with E-state index in [0.29, 0.717) is 23.0 Å². The minimum atomic E-state index is -0.0815. The van der Waals surface area contributed by atoms with Gasteiger partial charge in [0.1, 0.15) is 0 Å². The van der Waals surface area contributed by atoms with Gasteiger partial charge in [0.15, 0.2) is 0 Å². The number of halogens is 2. The number of hydrogen-bond acceptors (Lipinski definition) is 3. The van der Waals surface area contributed by atoms with Gasteiger partial charge < -0.3 is 11.1 Å². The fourth-order valence-electron chi connectivity index (χ4n) is 2.71. The Bertz CT molecular complexity index is 754. The van der Waals surface area contributed by atoms with Gasteiger partial charge in [0.25, 0.3) is 5.91 Å². The van der Waals surface area contributed by atoms with Crippen LogP contribution < -0.4 is 11.1 Å². The zero-order valence-electron chi connectivity index (χ0n) is 14.5. The molecule has 1 aliphatic carbocycles. The van der Waals surface area contributed by atoms with E-state index in [1.807, 2.05) is 36.7 Å². The lowest BCUT2D eigenvalue weighted by molar-refractivity contribution is 0.0951. The van der Waals surface area contributed by atoms with Crippen LogP contribution in [-0.2, 0) is 0 Å². The van der Waals surface area contributed by atoms with Crippen molar-refractivity contribution in [2.45, 2.75) is 45.1 Å².